The molecule has 0 aromatic heterocycles. The highest BCUT2D eigenvalue weighted by atomic mass is 79.9. The van der Waals surface area contributed by atoms with E-state index in [1.807, 2.05) is 0 Å². The lowest BCUT2D eigenvalue weighted by atomic mass is 10.1. The number of hydrogen-bond donors (Lipinski definition) is 1. The third-order valence-corrected chi connectivity index (χ3v) is 3.38. The van der Waals surface area contributed by atoms with Crippen LogP contribution in [-0.4, -0.2) is 5.11 Å². The van der Waals surface area contributed by atoms with Crippen LogP contribution in [0.15, 0.2) is 45.3 Å². The first-order valence-corrected chi connectivity index (χ1v) is 6.76. The monoisotopic (exact) mass is 370 g/mol. The van der Waals surface area contributed by atoms with Crippen LogP contribution in [0.3, 0.4) is 0 Å². The Labute approximate surface area is 121 Å². The third kappa shape index (κ3) is 3.21. The molecule has 2 aromatic rings. The summed E-state index contributed by atoms with van der Waals surface area (Å²) in [6, 6.07) is 9.81. The van der Waals surface area contributed by atoms with Gasteiger partial charge in [0, 0.05) is 20.1 Å². The number of phenolic OH excluding ortho intramolecular Hbond substituents is 1. The van der Waals surface area contributed by atoms with Gasteiger partial charge in [-0.2, -0.15) is 0 Å². The average Bonchev–Trinajstić information content (AvgIpc) is 2.34. The lowest BCUT2D eigenvalue weighted by Crippen LogP contribution is -1.81. The van der Waals surface area contributed by atoms with E-state index in [4.69, 9.17) is 0 Å². The van der Waals surface area contributed by atoms with Gasteiger partial charge in [0.15, 0.2) is 0 Å². The van der Waals surface area contributed by atoms with Crippen LogP contribution in [0.2, 0.25) is 0 Å². The summed E-state index contributed by atoms with van der Waals surface area (Å²) in [6.07, 6.45) is 3.30. The fraction of sp³-hybridized carbons (Fsp3) is 0. The maximum Gasteiger partial charge on any atom is 0.130 e. The first-order chi connectivity index (χ1) is 8.56. The lowest BCUT2D eigenvalue weighted by molar-refractivity contribution is 0.474. The molecule has 0 bridgehead atoms. The first kappa shape index (κ1) is 13.3. The summed E-state index contributed by atoms with van der Waals surface area (Å²) >= 11 is 6.61. The van der Waals surface area contributed by atoms with Crippen LogP contribution in [0, 0.1) is 5.82 Å². The van der Waals surface area contributed by atoms with Crippen LogP contribution in [0.4, 0.5) is 4.39 Å². The Balaban J connectivity index is 2.35. The highest BCUT2D eigenvalue weighted by Crippen LogP contribution is 2.25. The molecule has 1 nitrogen and oxygen atoms in total. The molecule has 0 heterocycles. The molecular formula is C14H9Br2FO. The fourth-order valence-corrected chi connectivity index (χ4v) is 2.24. The van der Waals surface area contributed by atoms with Crippen molar-refractivity contribution in [3.8, 4) is 5.75 Å². The van der Waals surface area contributed by atoms with E-state index in [9.17, 15) is 9.50 Å². The Morgan fingerprint density at radius 1 is 0.889 bits per heavy atom. The molecule has 2 aromatic carbocycles. The summed E-state index contributed by atoms with van der Waals surface area (Å²) in [6.45, 7) is 0. The minimum Gasteiger partial charge on any atom is -0.507 e. The number of rotatable bonds is 2. The van der Waals surface area contributed by atoms with Crippen molar-refractivity contribution in [2.45, 2.75) is 0 Å². The molecule has 0 fully saturated rings. The van der Waals surface area contributed by atoms with Gasteiger partial charge in [0.05, 0.1) is 0 Å². The van der Waals surface area contributed by atoms with Crippen LogP contribution in [0.1, 0.15) is 11.1 Å². The van der Waals surface area contributed by atoms with E-state index < -0.39 is 0 Å². The van der Waals surface area contributed by atoms with E-state index in [-0.39, 0.29) is 11.6 Å². The van der Waals surface area contributed by atoms with Crippen molar-refractivity contribution in [3.05, 3.63) is 62.3 Å². The van der Waals surface area contributed by atoms with Crippen LogP contribution in [-0.2, 0) is 0 Å². The van der Waals surface area contributed by atoms with Gasteiger partial charge >= 0.3 is 0 Å². The van der Waals surface area contributed by atoms with E-state index in [2.05, 4.69) is 31.9 Å². The van der Waals surface area contributed by atoms with Crippen molar-refractivity contribution in [2.75, 3.05) is 0 Å². The molecule has 1 N–H and O–H groups in total. The van der Waals surface area contributed by atoms with Gasteiger partial charge in [0.25, 0.3) is 0 Å². The van der Waals surface area contributed by atoms with Crippen molar-refractivity contribution in [1.29, 1.82) is 0 Å². The molecular weight excluding hydrogens is 363 g/mol. The molecule has 0 saturated heterocycles. The first-order valence-electron chi connectivity index (χ1n) is 5.18. The molecule has 0 aliphatic carbocycles. The van der Waals surface area contributed by atoms with E-state index >= 15 is 0 Å². The maximum absolute atomic E-state index is 13.5. The van der Waals surface area contributed by atoms with Gasteiger partial charge in [-0.1, -0.05) is 44.0 Å². The quantitative estimate of drug-likeness (QED) is 0.717. The summed E-state index contributed by atoms with van der Waals surface area (Å²) in [5, 5.41) is 9.66. The van der Waals surface area contributed by atoms with Crippen molar-refractivity contribution in [2.24, 2.45) is 0 Å². The molecule has 92 valence electrons. The predicted octanol–water partition coefficient (Wildman–Crippen LogP) is 5.23. The summed E-state index contributed by atoms with van der Waals surface area (Å²) in [5.74, 6) is -0.145. The number of aromatic hydroxyl groups is 1. The zero-order chi connectivity index (χ0) is 13.1. The van der Waals surface area contributed by atoms with Gasteiger partial charge in [0.2, 0.25) is 0 Å². The van der Waals surface area contributed by atoms with Crippen LogP contribution >= 0.6 is 31.9 Å². The van der Waals surface area contributed by atoms with Gasteiger partial charge in [0.1, 0.15) is 11.6 Å². The highest BCUT2D eigenvalue weighted by molar-refractivity contribution is 9.10. The third-order valence-electron chi connectivity index (χ3n) is 2.39. The number of phenols is 1. The Morgan fingerprint density at radius 3 is 2.17 bits per heavy atom. The van der Waals surface area contributed by atoms with Gasteiger partial charge in [-0.3, -0.25) is 0 Å². The normalized spacial score (nSPS) is 11.1. The zero-order valence-electron chi connectivity index (χ0n) is 9.20. The van der Waals surface area contributed by atoms with E-state index in [1.165, 1.54) is 6.07 Å². The molecule has 18 heavy (non-hydrogen) atoms. The Bertz CT molecular complexity index is 555. The molecule has 0 unspecified atom stereocenters. The minimum absolute atomic E-state index is 0.157. The summed E-state index contributed by atoms with van der Waals surface area (Å²) < 4.78 is 15.2. The zero-order valence-corrected chi connectivity index (χ0v) is 12.4. The standard InChI is InChI=1S/C14H9Br2FO/c15-11-3-5-13(17)9(7-11)1-2-10-8-12(16)4-6-14(10)18/h1-8,18H. The van der Waals surface area contributed by atoms with Crippen LogP contribution in [0.25, 0.3) is 12.2 Å². The van der Waals surface area contributed by atoms with E-state index in [0.717, 1.165) is 8.95 Å². The number of halogens is 3. The maximum atomic E-state index is 13.5. The fourth-order valence-electron chi connectivity index (χ4n) is 1.48. The van der Waals surface area contributed by atoms with Crippen LogP contribution < -0.4 is 0 Å². The molecule has 0 saturated carbocycles. The van der Waals surface area contributed by atoms with Crippen molar-refractivity contribution in [3.63, 3.8) is 0 Å². The molecule has 2 rings (SSSR count). The summed E-state index contributed by atoms with van der Waals surface area (Å²) in [5.41, 5.74) is 1.09. The van der Waals surface area contributed by atoms with Crippen LogP contribution in [0.5, 0.6) is 5.75 Å². The minimum atomic E-state index is -0.302. The largest absolute Gasteiger partial charge is 0.507 e. The van der Waals surface area contributed by atoms with Gasteiger partial charge in [-0.25, -0.2) is 4.39 Å². The summed E-state index contributed by atoms with van der Waals surface area (Å²) in [7, 11) is 0. The number of hydrogen-bond acceptors (Lipinski definition) is 1. The second kappa shape index (κ2) is 5.67. The predicted molar refractivity (Wildman–Crippen MR) is 78.8 cm³/mol. The van der Waals surface area contributed by atoms with Gasteiger partial charge < -0.3 is 5.11 Å². The smallest absolute Gasteiger partial charge is 0.130 e. The summed E-state index contributed by atoms with van der Waals surface area (Å²) in [4.78, 5) is 0. The van der Waals surface area contributed by atoms with Gasteiger partial charge in [-0.15, -0.1) is 0 Å². The second-order valence-corrected chi connectivity index (χ2v) is 5.53. The molecule has 0 amide bonds. The number of benzene rings is 2. The molecule has 4 heteroatoms. The topological polar surface area (TPSA) is 20.2 Å². The molecule has 0 spiro atoms. The average molecular weight is 372 g/mol. The van der Waals surface area contributed by atoms with Crippen molar-refractivity contribution in [1.82, 2.24) is 0 Å². The lowest BCUT2D eigenvalue weighted by Gasteiger charge is -2.01. The van der Waals surface area contributed by atoms with E-state index in [1.54, 1.807) is 42.5 Å². The second-order valence-electron chi connectivity index (χ2n) is 3.70. The molecule has 0 radical (unpaired) electrons. The Kier molecular flexibility index (Phi) is 4.19. The van der Waals surface area contributed by atoms with Crippen molar-refractivity contribution >= 4 is 44.0 Å². The van der Waals surface area contributed by atoms with Gasteiger partial charge in [-0.05, 0) is 36.4 Å². The molecule has 0 atom stereocenters. The SMILES string of the molecule is Oc1ccc(Br)cc1C=Cc1cc(Br)ccc1F. The Hall–Kier alpha value is -1.13. The van der Waals surface area contributed by atoms with Crippen molar-refractivity contribution < 1.29 is 9.50 Å². The molecule has 0 aliphatic heterocycles. The highest BCUT2D eigenvalue weighted by Gasteiger charge is 2.01. The Morgan fingerprint density at radius 2 is 1.44 bits per heavy atom. The molecule has 0 aliphatic rings. The van der Waals surface area contributed by atoms with E-state index in [0.29, 0.717) is 11.1 Å².